The predicted octanol–water partition coefficient (Wildman–Crippen LogP) is 2.82. The number of ether oxygens (including phenoxy) is 1. The van der Waals surface area contributed by atoms with Gasteiger partial charge in [0.15, 0.2) is 0 Å². The molecular weight excluding hydrogens is 286 g/mol. The van der Waals surface area contributed by atoms with Gasteiger partial charge in [0.05, 0.1) is 0 Å². The van der Waals surface area contributed by atoms with Crippen LogP contribution in [0, 0.1) is 0 Å². The zero-order chi connectivity index (χ0) is 16.1. The van der Waals surface area contributed by atoms with Crippen LogP contribution in [-0.4, -0.2) is 31.8 Å². The normalized spacial score (nSPS) is 16.7. The van der Waals surface area contributed by atoms with E-state index in [0.717, 1.165) is 19.5 Å². The largest absolute Gasteiger partial charge is 0.463 e. The Labute approximate surface area is 137 Å². The van der Waals surface area contributed by atoms with Gasteiger partial charge in [0, 0.05) is 18.8 Å². The fourth-order valence-corrected chi connectivity index (χ4v) is 2.90. The van der Waals surface area contributed by atoms with Gasteiger partial charge in [0.1, 0.15) is 12.6 Å². The molecule has 3 rings (SSSR count). The highest BCUT2D eigenvalue weighted by atomic mass is 16.5. The summed E-state index contributed by atoms with van der Waals surface area (Å²) in [6.45, 7) is 4.49. The molecule has 0 saturated carbocycles. The van der Waals surface area contributed by atoms with Gasteiger partial charge in [-0.2, -0.15) is 0 Å². The van der Waals surface area contributed by atoms with Crippen molar-refractivity contribution in [1.82, 2.24) is 0 Å². The van der Waals surface area contributed by atoms with Crippen LogP contribution in [0.1, 0.15) is 18.1 Å². The Morgan fingerprint density at radius 3 is 2.61 bits per heavy atom. The Hall–Kier alpha value is -2.49. The molecule has 1 aliphatic rings. The molecule has 1 atom stereocenters. The Morgan fingerprint density at radius 1 is 1.13 bits per heavy atom. The summed E-state index contributed by atoms with van der Waals surface area (Å²) < 4.78 is 5.25. The van der Waals surface area contributed by atoms with Gasteiger partial charge in [0.25, 0.3) is 6.02 Å². The van der Waals surface area contributed by atoms with Crippen molar-refractivity contribution in [3.8, 4) is 0 Å². The maximum Gasteiger partial charge on any atom is 0.282 e. The molecule has 2 aromatic rings. The Bertz CT molecular complexity index is 669. The van der Waals surface area contributed by atoms with Crippen molar-refractivity contribution in [3.63, 3.8) is 0 Å². The van der Waals surface area contributed by atoms with Crippen LogP contribution in [0.4, 0.5) is 5.69 Å². The molecular formula is C19H23N3O. The molecule has 120 valence electrons. The molecule has 23 heavy (non-hydrogen) atoms. The summed E-state index contributed by atoms with van der Waals surface area (Å²) in [5.74, 6) is 0. The van der Waals surface area contributed by atoms with Gasteiger partial charge in [-0.1, -0.05) is 42.5 Å². The molecule has 0 aromatic heterocycles. The van der Waals surface area contributed by atoms with E-state index < -0.39 is 0 Å². The van der Waals surface area contributed by atoms with Crippen molar-refractivity contribution >= 4 is 11.7 Å². The van der Waals surface area contributed by atoms with Crippen LogP contribution in [0.3, 0.4) is 0 Å². The van der Waals surface area contributed by atoms with Crippen LogP contribution < -0.4 is 10.6 Å². The minimum atomic E-state index is 0.118. The van der Waals surface area contributed by atoms with Crippen LogP contribution in [0.2, 0.25) is 0 Å². The molecule has 0 saturated heterocycles. The number of hydrogen-bond donors (Lipinski definition) is 1. The topological polar surface area (TPSA) is 50.9 Å². The zero-order valence-electron chi connectivity index (χ0n) is 13.5. The lowest BCUT2D eigenvalue weighted by Gasteiger charge is -2.25. The van der Waals surface area contributed by atoms with Gasteiger partial charge >= 0.3 is 0 Å². The minimum absolute atomic E-state index is 0.118. The van der Waals surface area contributed by atoms with E-state index in [2.05, 4.69) is 71.4 Å². The van der Waals surface area contributed by atoms with Crippen molar-refractivity contribution in [2.75, 3.05) is 24.6 Å². The summed E-state index contributed by atoms with van der Waals surface area (Å²) in [6, 6.07) is 19.7. The second-order valence-electron chi connectivity index (χ2n) is 5.80. The lowest BCUT2D eigenvalue weighted by atomic mass is 10.0. The smallest absolute Gasteiger partial charge is 0.282 e. The predicted molar refractivity (Wildman–Crippen MR) is 94.9 cm³/mol. The standard InChI is InChI=1S/C19H23N3O/c1-2-22(13-17-14-23-19(20)21-17)18-10-6-9-16(12-18)11-15-7-4-3-5-8-15/h3-10,12,17H,2,11,13-14H2,1H3,(H2,20,21)/t17-/m0/s1. The number of aliphatic imine (C=N–C) groups is 1. The van der Waals surface area contributed by atoms with E-state index in [0.29, 0.717) is 12.6 Å². The summed E-state index contributed by atoms with van der Waals surface area (Å²) in [5, 5.41) is 0. The lowest BCUT2D eigenvalue weighted by molar-refractivity contribution is 0.313. The summed E-state index contributed by atoms with van der Waals surface area (Å²) in [7, 11) is 0. The van der Waals surface area contributed by atoms with Gasteiger partial charge in [-0.3, -0.25) is 0 Å². The average molecular weight is 309 g/mol. The maximum atomic E-state index is 5.60. The summed E-state index contributed by atoms with van der Waals surface area (Å²) in [5.41, 5.74) is 9.47. The molecule has 4 nitrogen and oxygen atoms in total. The van der Waals surface area contributed by atoms with Crippen molar-refractivity contribution in [2.45, 2.75) is 19.4 Å². The van der Waals surface area contributed by atoms with E-state index in [1.165, 1.54) is 16.8 Å². The molecule has 0 bridgehead atoms. The lowest BCUT2D eigenvalue weighted by Crippen LogP contribution is -2.32. The molecule has 0 aliphatic carbocycles. The minimum Gasteiger partial charge on any atom is -0.463 e. The highest BCUT2D eigenvalue weighted by Crippen LogP contribution is 2.20. The molecule has 1 heterocycles. The number of benzene rings is 2. The third-order valence-electron chi connectivity index (χ3n) is 4.07. The molecule has 4 heteroatoms. The third-order valence-corrected chi connectivity index (χ3v) is 4.07. The van der Waals surface area contributed by atoms with Crippen molar-refractivity contribution in [3.05, 3.63) is 65.7 Å². The second-order valence-corrected chi connectivity index (χ2v) is 5.80. The molecule has 2 N–H and O–H groups in total. The summed E-state index contributed by atoms with van der Waals surface area (Å²) in [6.07, 6.45) is 0.948. The highest BCUT2D eigenvalue weighted by molar-refractivity contribution is 5.73. The van der Waals surface area contributed by atoms with Crippen LogP contribution >= 0.6 is 0 Å². The van der Waals surface area contributed by atoms with Crippen molar-refractivity contribution < 1.29 is 4.74 Å². The van der Waals surface area contributed by atoms with Gasteiger partial charge < -0.3 is 15.4 Å². The molecule has 0 radical (unpaired) electrons. The fraction of sp³-hybridized carbons (Fsp3) is 0.316. The Morgan fingerprint density at radius 2 is 1.91 bits per heavy atom. The summed E-state index contributed by atoms with van der Waals surface area (Å²) >= 11 is 0. The SMILES string of the molecule is CCN(C[C@H]1COC(N)=N1)c1cccc(Cc2ccccc2)c1. The van der Waals surface area contributed by atoms with E-state index in [-0.39, 0.29) is 6.04 Å². The maximum absolute atomic E-state index is 5.60. The number of amidine groups is 1. The first-order chi connectivity index (χ1) is 11.2. The third kappa shape index (κ3) is 4.03. The van der Waals surface area contributed by atoms with Gasteiger partial charge in [0.2, 0.25) is 0 Å². The van der Waals surface area contributed by atoms with Gasteiger partial charge in [-0.15, -0.1) is 0 Å². The second kappa shape index (κ2) is 7.18. The van der Waals surface area contributed by atoms with E-state index in [9.17, 15) is 0 Å². The van der Waals surface area contributed by atoms with Crippen LogP contribution in [0.5, 0.6) is 0 Å². The van der Waals surface area contributed by atoms with Gasteiger partial charge in [-0.25, -0.2) is 4.99 Å². The molecule has 1 aliphatic heterocycles. The molecule has 0 unspecified atom stereocenters. The average Bonchev–Trinajstić information content (AvgIpc) is 2.99. The Balaban J connectivity index is 1.72. The first-order valence-corrected chi connectivity index (χ1v) is 8.08. The van der Waals surface area contributed by atoms with Crippen LogP contribution in [-0.2, 0) is 11.2 Å². The summed E-state index contributed by atoms with van der Waals surface area (Å²) in [4.78, 5) is 6.65. The van der Waals surface area contributed by atoms with Crippen LogP contribution in [0.25, 0.3) is 0 Å². The number of hydrogen-bond acceptors (Lipinski definition) is 4. The monoisotopic (exact) mass is 309 g/mol. The van der Waals surface area contributed by atoms with Crippen molar-refractivity contribution in [1.29, 1.82) is 0 Å². The highest BCUT2D eigenvalue weighted by Gasteiger charge is 2.19. The van der Waals surface area contributed by atoms with E-state index >= 15 is 0 Å². The Kier molecular flexibility index (Phi) is 4.81. The van der Waals surface area contributed by atoms with E-state index in [4.69, 9.17) is 10.5 Å². The van der Waals surface area contributed by atoms with E-state index in [1.54, 1.807) is 0 Å². The number of likely N-dealkylation sites (N-methyl/N-ethyl adjacent to an activating group) is 1. The zero-order valence-corrected chi connectivity index (χ0v) is 13.5. The number of anilines is 1. The number of nitrogens with two attached hydrogens (primary N) is 1. The van der Waals surface area contributed by atoms with Gasteiger partial charge in [-0.05, 0) is 36.6 Å². The molecule has 0 spiro atoms. The van der Waals surface area contributed by atoms with E-state index in [1.807, 2.05) is 0 Å². The molecule has 0 amide bonds. The fourth-order valence-electron chi connectivity index (χ4n) is 2.90. The number of nitrogens with zero attached hydrogens (tertiary/aromatic N) is 2. The molecule has 2 aromatic carbocycles. The van der Waals surface area contributed by atoms with Crippen LogP contribution in [0.15, 0.2) is 59.6 Å². The molecule has 0 fully saturated rings. The first kappa shape index (κ1) is 15.4. The first-order valence-electron chi connectivity index (χ1n) is 8.08. The number of rotatable bonds is 6. The quantitative estimate of drug-likeness (QED) is 0.892. The van der Waals surface area contributed by atoms with Crippen molar-refractivity contribution in [2.24, 2.45) is 10.7 Å².